The minimum absolute atomic E-state index is 0.283. The maximum absolute atomic E-state index is 12.1. The lowest BCUT2D eigenvalue weighted by Gasteiger charge is -2.13. The van der Waals surface area contributed by atoms with Crippen molar-refractivity contribution in [2.45, 2.75) is 0 Å². The topological polar surface area (TPSA) is 44.8 Å². The highest BCUT2D eigenvalue weighted by molar-refractivity contribution is 6.17. The molecule has 29 heavy (non-hydrogen) atoms. The number of benzene rings is 3. The molecule has 3 rings (SSSR count). The lowest BCUT2D eigenvalue weighted by molar-refractivity contribution is -0.133. The van der Waals surface area contributed by atoms with E-state index in [9.17, 15) is 4.79 Å². The summed E-state index contributed by atoms with van der Waals surface area (Å²) in [4.78, 5) is 12.1. The molecule has 0 amide bonds. The van der Waals surface area contributed by atoms with Gasteiger partial charge in [0, 0.05) is 5.56 Å². The van der Waals surface area contributed by atoms with E-state index < -0.39 is 5.97 Å². The fourth-order valence-electron chi connectivity index (χ4n) is 2.79. The Morgan fingerprint density at radius 2 is 1.48 bits per heavy atom. The molecule has 0 aromatic heterocycles. The molecule has 146 valence electrons. The highest BCUT2D eigenvalue weighted by atomic mass is 16.5. The van der Waals surface area contributed by atoms with Crippen molar-refractivity contribution < 1.29 is 19.0 Å². The van der Waals surface area contributed by atoms with Gasteiger partial charge in [-0.2, -0.15) is 0 Å². The van der Waals surface area contributed by atoms with Crippen molar-refractivity contribution in [1.82, 2.24) is 0 Å². The Balaban J connectivity index is 1.87. The van der Waals surface area contributed by atoms with Crippen LogP contribution in [-0.2, 0) is 14.3 Å². The number of ether oxygens (including phenoxy) is 3. The molecule has 4 heteroatoms. The van der Waals surface area contributed by atoms with Crippen molar-refractivity contribution in [2.75, 3.05) is 14.2 Å². The molecule has 0 N–H and O–H groups in total. The van der Waals surface area contributed by atoms with Gasteiger partial charge in [-0.05, 0) is 29.3 Å². The van der Waals surface area contributed by atoms with Crippen molar-refractivity contribution in [2.24, 2.45) is 0 Å². The highest BCUT2D eigenvalue weighted by Crippen LogP contribution is 2.31. The average molecular weight is 386 g/mol. The van der Waals surface area contributed by atoms with Gasteiger partial charge >= 0.3 is 5.97 Å². The van der Waals surface area contributed by atoms with E-state index in [2.05, 4.69) is 0 Å². The van der Waals surface area contributed by atoms with Gasteiger partial charge in [0.15, 0.2) is 0 Å². The van der Waals surface area contributed by atoms with E-state index in [-0.39, 0.29) is 5.57 Å². The SMILES string of the molecule is CO/C=C(/C(=O)OC)c1ccccc1Oc1cccc(/C=C/c2ccccc2)c1. The third kappa shape index (κ3) is 5.36. The molecule has 0 spiro atoms. The van der Waals surface area contributed by atoms with Crippen LogP contribution in [0, 0.1) is 0 Å². The molecule has 0 heterocycles. The zero-order chi connectivity index (χ0) is 20.5. The van der Waals surface area contributed by atoms with Crippen LogP contribution in [0.25, 0.3) is 17.7 Å². The van der Waals surface area contributed by atoms with Crippen LogP contribution in [0.5, 0.6) is 11.5 Å². The number of para-hydroxylation sites is 1. The van der Waals surface area contributed by atoms with Crippen molar-refractivity contribution >= 4 is 23.7 Å². The quantitative estimate of drug-likeness (QED) is 0.222. The summed E-state index contributed by atoms with van der Waals surface area (Å²) in [7, 11) is 2.81. The number of rotatable bonds is 7. The predicted octanol–water partition coefficient (Wildman–Crippen LogP) is 5.81. The number of carbonyl (C=O) groups excluding carboxylic acids is 1. The molecule has 0 fully saturated rings. The second kappa shape index (κ2) is 9.95. The molecule has 0 radical (unpaired) electrons. The Labute approximate surface area is 170 Å². The summed E-state index contributed by atoms with van der Waals surface area (Å²) in [5, 5.41) is 0. The minimum atomic E-state index is -0.498. The second-order valence-electron chi connectivity index (χ2n) is 6.17. The minimum Gasteiger partial charge on any atom is -0.503 e. The summed E-state index contributed by atoms with van der Waals surface area (Å²) >= 11 is 0. The van der Waals surface area contributed by atoms with Crippen LogP contribution in [-0.4, -0.2) is 20.2 Å². The van der Waals surface area contributed by atoms with Crippen LogP contribution in [0.15, 0.2) is 85.1 Å². The van der Waals surface area contributed by atoms with Crippen molar-refractivity contribution in [3.63, 3.8) is 0 Å². The van der Waals surface area contributed by atoms with Crippen LogP contribution in [0.4, 0.5) is 0 Å². The monoisotopic (exact) mass is 386 g/mol. The Hall–Kier alpha value is -3.79. The van der Waals surface area contributed by atoms with E-state index in [1.54, 1.807) is 12.1 Å². The largest absolute Gasteiger partial charge is 0.503 e. The van der Waals surface area contributed by atoms with Crippen molar-refractivity contribution in [3.05, 3.63) is 102 Å². The number of esters is 1. The van der Waals surface area contributed by atoms with Gasteiger partial charge < -0.3 is 14.2 Å². The summed E-state index contributed by atoms with van der Waals surface area (Å²) in [6, 6.07) is 25.1. The summed E-state index contributed by atoms with van der Waals surface area (Å²) in [6.45, 7) is 0. The molecule has 0 aliphatic carbocycles. The first kappa shape index (κ1) is 20.0. The fourth-order valence-corrected chi connectivity index (χ4v) is 2.79. The smallest absolute Gasteiger partial charge is 0.341 e. The number of hydrogen-bond donors (Lipinski definition) is 0. The molecule has 0 saturated heterocycles. The van der Waals surface area contributed by atoms with E-state index in [1.165, 1.54) is 20.5 Å². The molecule has 0 bridgehead atoms. The van der Waals surface area contributed by atoms with E-state index in [4.69, 9.17) is 14.2 Å². The molecule has 3 aromatic rings. The molecule has 4 nitrogen and oxygen atoms in total. The Bertz CT molecular complexity index is 1020. The third-order valence-corrected chi connectivity index (χ3v) is 4.17. The zero-order valence-electron chi connectivity index (χ0n) is 16.4. The van der Waals surface area contributed by atoms with Crippen molar-refractivity contribution in [1.29, 1.82) is 0 Å². The molecule has 0 aliphatic rings. The molecular formula is C25H22O4. The van der Waals surface area contributed by atoms with E-state index in [0.717, 1.165) is 11.1 Å². The lowest BCUT2D eigenvalue weighted by Crippen LogP contribution is -2.05. The van der Waals surface area contributed by atoms with Crippen LogP contribution >= 0.6 is 0 Å². The molecule has 0 atom stereocenters. The van der Waals surface area contributed by atoms with Crippen LogP contribution < -0.4 is 4.74 Å². The van der Waals surface area contributed by atoms with Crippen LogP contribution in [0.1, 0.15) is 16.7 Å². The zero-order valence-corrected chi connectivity index (χ0v) is 16.4. The van der Waals surface area contributed by atoms with Gasteiger partial charge in [-0.25, -0.2) is 4.79 Å². The highest BCUT2D eigenvalue weighted by Gasteiger charge is 2.18. The Morgan fingerprint density at radius 3 is 2.24 bits per heavy atom. The summed E-state index contributed by atoms with van der Waals surface area (Å²) in [5.74, 6) is 0.696. The Kier molecular flexibility index (Phi) is 6.85. The molecule has 0 unspecified atom stereocenters. The van der Waals surface area contributed by atoms with Gasteiger partial charge in [-0.15, -0.1) is 0 Å². The van der Waals surface area contributed by atoms with E-state index in [0.29, 0.717) is 17.1 Å². The van der Waals surface area contributed by atoms with Gasteiger partial charge in [-0.1, -0.05) is 72.8 Å². The molecular weight excluding hydrogens is 364 g/mol. The molecule has 0 saturated carbocycles. The number of carbonyl (C=O) groups is 1. The van der Waals surface area contributed by atoms with Crippen LogP contribution in [0.2, 0.25) is 0 Å². The normalized spacial score (nSPS) is 11.3. The second-order valence-corrected chi connectivity index (χ2v) is 6.17. The fraction of sp³-hybridized carbons (Fsp3) is 0.0800. The van der Waals surface area contributed by atoms with Gasteiger partial charge in [0.1, 0.15) is 17.1 Å². The number of methoxy groups -OCH3 is 2. The molecule has 3 aromatic carbocycles. The molecule has 0 aliphatic heterocycles. The Morgan fingerprint density at radius 1 is 0.793 bits per heavy atom. The van der Waals surface area contributed by atoms with Crippen LogP contribution in [0.3, 0.4) is 0 Å². The van der Waals surface area contributed by atoms with E-state index >= 15 is 0 Å². The predicted molar refractivity (Wildman–Crippen MR) is 115 cm³/mol. The summed E-state index contributed by atoms with van der Waals surface area (Å²) in [6.07, 6.45) is 5.43. The first-order valence-electron chi connectivity index (χ1n) is 9.13. The van der Waals surface area contributed by atoms with Gasteiger partial charge in [0.25, 0.3) is 0 Å². The first-order chi connectivity index (χ1) is 14.2. The van der Waals surface area contributed by atoms with Gasteiger partial charge in [-0.3, -0.25) is 0 Å². The first-order valence-corrected chi connectivity index (χ1v) is 9.13. The third-order valence-electron chi connectivity index (χ3n) is 4.17. The maximum Gasteiger partial charge on any atom is 0.341 e. The van der Waals surface area contributed by atoms with E-state index in [1.807, 2.05) is 78.9 Å². The number of hydrogen-bond acceptors (Lipinski definition) is 4. The maximum atomic E-state index is 12.1. The summed E-state index contributed by atoms with van der Waals surface area (Å²) in [5.41, 5.74) is 3.00. The lowest BCUT2D eigenvalue weighted by atomic mass is 10.1. The standard InChI is InChI=1S/C25H22O4/c1-27-18-23(25(26)28-2)22-13-6-7-14-24(22)29-21-12-8-11-20(17-21)16-15-19-9-4-3-5-10-19/h3-18H,1-2H3/b16-15+,23-18+. The summed E-state index contributed by atoms with van der Waals surface area (Å²) < 4.78 is 16.0. The van der Waals surface area contributed by atoms with Crippen molar-refractivity contribution in [3.8, 4) is 11.5 Å². The van der Waals surface area contributed by atoms with Gasteiger partial charge in [0.05, 0.1) is 20.5 Å². The van der Waals surface area contributed by atoms with Gasteiger partial charge in [0.2, 0.25) is 0 Å². The average Bonchev–Trinajstić information content (AvgIpc) is 2.77.